The van der Waals surface area contributed by atoms with Crippen LogP contribution in [0.2, 0.25) is 0 Å². The standard InChI is InChI=1S/C20H20FNO2/c21-16-5-1-13(2-6-16)15-11-17-7-8-18(12-15)22(17)20(24)14-3-9-19(23)10-4-14/h1-6,9-10,15,17-18,23H,7-8,11-12H2. The molecule has 2 bridgehead atoms. The summed E-state index contributed by atoms with van der Waals surface area (Å²) >= 11 is 0. The molecule has 124 valence electrons. The smallest absolute Gasteiger partial charge is 0.254 e. The Bertz CT molecular complexity index is 727. The Morgan fingerprint density at radius 3 is 2.12 bits per heavy atom. The third-order valence-electron chi connectivity index (χ3n) is 5.42. The zero-order chi connectivity index (χ0) is 16.7. The lowest BCUT2D eigenvalue weighted by atomic mass is 9.85. The van der Waals surface area contributed by atoms with Gasteiger partial charge in [-0.05, 0) is 73.6 Å². The zero-order valence-electron chi connectivity index (χ0n) is 13.4. The largest absolute Gasteiger partial charge is 0.508 e. The van der Waals surface area contributed by atoms with Gasteiger partial charge in [-0.15, -0.1) is 0 Å². The van der Waals surface area contributed by atoms with E-state index < -0.39 is 0 Å². The maximum atomic E-state index is 13.1. The molecule has 0 radical (unpaired) electrons. The van der Waals surface area contributed by atoms with E-state index in [2.05, 4.69) is 0 Å². The molecule has 3 nitrogen and oxygen atoms in total. The van der Waals surface area contributed by atoms with Crippen molar-refractivity contribution in [3.05, 3.63) is 65.5 Å². The lowest BCUT2D eigenvalue weighted by molar-refractivity contribution is 0.0571. The highest BCUT2D eigenvalue weighted by Gasteiger charge is 2.43. The van der Waals surface area contributed by atoms with Crippen molar-refractivity contribution in [1.82, 2.24) is 4.90 Å². The molecule has 24 heavy (non-hydrogen) atoms. The van der Waals surface area contributed by atoms with Crippen LogP contribution in [-0.4, -0.2) is 28.0 Å². The normalized spacial score (nSPS) is 25.7. The van der Waals surface area contributed by atoms with Crippen molar-refractivity contribution < 1.29 is 14.3 Å². The molecule has 0 aromatic heterocycles. The highest BCUT2D eigenvalue weighted by atomic mass is 19.1. The van der Waals surface area contributed by atoms with Gasteiger partial charge in [0.1, 0.15) is 11.6 Å². The van der Waals surface area contributed by atoms with Gasteiger partial charge in [0.15, 0.2) is 0 Å². The van der Waals surface area contributed by atoms with E-state index in [1.54, 1.807) is 24.3 Å². The fraction of sp³-hybridized carbons (Fsp3) is 0.350. The fourth-order valence-corrected chi connectivity index (χ4v) is 4.27. The molecule has 0 saturated carbocycles. The van der Waals surface area contributed by atoms with E-state index in [1.807, 2.05) is 17.0 Å². The molecular weight excluding hydrogens is 305 g/mol. The molecule has 2 aromatic carbocycles. The number of aromatic hydroxyl groups is 1. The van der Waals surface area contributed by atoms with E-state index >= 15 is 0 Å². The Labute approximate surface area is 140 Å². The van der Waals surface area contributed by atoms with Gasteiger partial charge in [0.05, 0.1) is 0 Å². The molecule has 4 rings (SSSR count). The Balaban J connectivity index is 1.53. The van der Waals surface area contributed by atoms with Crippen molar-refractivity contribution in [3.8, 4) is 5.75 Å². The van der Waals surface area contributed by atoms with Gasteiger partial charge in [0.25, 0.3) is 5.91 Å². The monoisotopic (exact) mass is 325 g/mol. The number of phenolic OH excluding ortho intramolecular Hbond substituents is 1. The van der Waals surface area contributed by atoms with Gasteiger partial charge in [0.2, 0.25) is 0 Å². The number of amides is 1. The van der Waals surface area contributed by atoms with Crippen molar-refractivity contribution in [2.45, 2.75) is 43.7 Å². The first kappa shape index (κ1) is 15.2. The Hall–Kier alpha value is -2.36. The van der Waals surface area contributed by atoms with Crippen LogP contribution in [0.1, 0.15) is 47.5 Å². The summed E-state index contributed by atoms with van der Waals surface area (Å²) in [4.78, 5) is 14.9. The maximum Gasteiger partial charge on any atom is 0.254 e. The average Bonchev–Trinajstić information content (AvgIpc) is 2.85. The van der Waals surface area contributed by atoms with Gasteiger partial charge >= 0.3 is 0 Å². The highest BCUT2D eigenvalue weighted by molar-refractivity contribution is 5.95. The zero-order valence-corrected chi connectivity index (χ0v) is 13.4. The summed E-state index contributed by atoms with van der Waals surface area (Å²) in [6, 6.07) is 13.8. The molecule has 2 fully saturated rings. The second kappa shape index (κ2) is 5.93. The Morgan fingerprint density at radius 1 is 0.958 bits per heavy atom. The second-order valence-corrected chi connectivity index (χ2v) is 6.86. The van der Waals surface area contributed by atoms with Gasteiger partial charge in [-0.25, -0.2) is 4.39 Å². The molecule has 2 aliphatic rings. The number of fused-ring (bicyclic) bond motifs is 2. The minimum Gasteiger partial charge on any atom is -0.508 e. The second-order valence-electron chi connectivity index (χ2n) is 6.86. The first-order chi connectivity index (χ1) is 11.6. The van der Waals surface area contributed by atoms with E-state index in [0.29, 0.717) is 11.5 Å². The van der Waals surface area contributed by atoms with Gasteiger partial charge in [-0.1, -0.05) is 12.1 Å². The van der Waals surface area contributed by atoms with Crippen LogP contribution in [-0.2, 0) is 0 Å². The number of nitrogens with zero attached hydrogens (tertiary/aromatic N) is 1. The average molecular weight is 325 g/mol. The van der Waals surface area contributed by atoms with Crippen LogP contribution in [0.25, 0.3) is 0 Å². The quantitative estimate of drug-likeness (QED) is 0.904. The topological polar surface area (TPSA) is 40.5 Å². The third-order valence-corrected chi connectivity index (χ3v) is 5.42. The van der Waals surface area contributed by atoms with Crippen molar-refractivity contribution >= 4 is 5.91 Å². The van der Waals surface area contributed by atoms with Gasteiger partial charge in [-0.3, -0.25) is 4.79 Å². The number of carbonyl (C=O) groups excluding carboxylic acids is 1. The third kappa shape index (κ3) is 2.66. The summed E-state index contributed by atoms with van der Waals surface area (Å²) in [5, 5.41) is 9.39. The van der Waals surface area contributed by atoms with Crippen LogP contribution in [0.3, 0.4) is 0 Å². The first-order valence-electron chi connectivity index (χ1n) is 8.49. The van der Waals surface area contributed by atoms with Gasteiger partial charge in [-0.2, -0.15) is 0 Å². The number of benzene rings is 2. The molecule has 2 aliphatic heterocycles. The van der Waals surface area contributed by atoms with Gasteiger partial charge in [0, 0.05) is 17.6 Å². The van der Waals surface area contributed by atoms with Gasteiger partial charge < -0.3 is 10.0 Å². The number of phenols is 1. The summed E-state index contributed by atoms with van der Waals surface area (Å²) in [6.45, 7) is 0. The Morgan fingerprint density at radius 2 is 1.54 bits per heavy atom. The van der Waals surface area contributed by atoms with E-state index in [4.69, 9.17) is 0 Å². The number of hydrogen-bond donors (Lipinski definition) is 1. The molecule has 2 heterocycles. The molecule has 0 spiro atoms. The molecule has 2 atom stereocenters. The van der Waals surface area contributed by atoms with E-state index in [-0.39, 0.29) is 29.6 Å². The van der Waals surface area contributed by atoms with Crippen LogP contribution in [0.15, 0.2) is 48.5 Å². The number of halogens is 1. The Kier molecular flexibility index (Phi) is 3.75. The highest BCUT2D eigenvalue weighted by Crippen LogP contribution is 2.43. The predicted octanol–water partition coefficient (Wildman–Crippen LogP) is 4.08. The van der Waals surface area contributed by atoms with Crippen molar-refractivity contribution in [3.63, 3.8) is 0 Å². The SMILES string of the molecule is O=C(c1ccc(O)cc1)N1C2CCC1CC(c1ccc(F)cc1)C2. The van der Waals surface area contributed by atoms with E-state index in [0.717, 1.165) is 25.7 Å². The summed E-state index contributed by atoms with van der Waals surface area (Å²) in [6.07, 6.45) is 3.94. The van der Waals surface area contributed by atoms with Crippen LogP contribution >= 0.6 is 0 Å². The summed E-state index contributed by atoms with van der Waals surface area (Å²) in [5.74, 6) is 0.415. The van der Waals surface area contributed by atoms with Crippen LogP contribution < -0.4 is 0 Å². The number of piperidine rings is 1. The molecule has 4 heteroatoms. The van der Waals surface area contributed by atoms with Crippen LogP contribution in [0.5, 0.6) is 5.75 Å². The number of rotatable bonds is 2. The van der Waals surface area contributed by atoms with Crippen molar-refractivity contribution in [2.75, 3.05) is 0 Å². The minimum atomic E-state index is -0.207. The summed E-state index contributed by atoms with van der Waals surface area (Å²) in [5.41, 5.74) is 1.80. The molecule has 1 amide bonds. The van der Waals surface area contributed by atoms with Crippen molar-refractivity contribution in [1.29, 1.82) is 0 Å². The summed E-state index contributed by atoms with van der Waals surface area (Å²) in [7, 11) is 0. The molecule has 2 saturated heterocycles. The van der Waals surface area contributed by atoms with E-state index in [9.17, 15) is 14.3 Å². The van der Waals surface area contributed by atoms with Crippen LogP contribution in [0, 0.1) is 5.82 Å². The molecule has 2 aromatic rings. The first-order valence-corrected chi connectivity index (χ1v) is 8.49. The maximum absolute atomic E-state index is 13.1. The molecule has 2 unspecified atom stereocenters. The molecule has 0 aliphatic carbocycles. The molecular formula is C20H20FNO2. The fourth-order valence-electron chi connectivity index (χ4n) is 4.27. The van der Waals surface area contributed by atoms with Crippen LogP contribution in [0.4, 0.5) is 4.39 Å². The minimum absolute atomic E-state index is 0.0556. The van der Waals surface area contributed by atoms with Crippen molar-refractivity contribution in [2.24, 2.45) is 0 Å². The summed E-state index contributed by atoms with van der Waals surface area (Å²) < 4.78 is 13.1. The number of carbonyl (C=O) groups is 1. The lowest BCUT2D eigenvalue weighted by Crippen LogP contribution is -2.46. The molecule has 1 N–H and O–H groups in total. The lowest BCUT2D eigenvalue weighted by Gasteiger charge is -2.39. The predicted molar refractivity (Wildman–Crippen MR) is 89.5 cm³/mol. The van der Waals surface area contributed by atoms with E-state index in [1.165, 1.54) is 17.7 Å². The number of hydrogen-bond acceptors (Lipinski definition) is 2.